The van der Waals surface area contributed by atoms with Gasteiger partial charge in [0.15, 0.2) is 6.61 Å². The molecule has 2 aromatic carbocycles. The average Bonchev–Trinajstić information content (AvgIpc) is 2.68. The second kappa shape index (κ2) is 10.6. The number of nitrogens with zero attached hydrogens (tertiary/aromatic N) is 1. The molecule has 1 N–H and O–H groups in total. The second-order valence-corrected chi connectivity index (χ2v) is 7.94. The molecule has 30 heavy (non-hydrogen) atoms. The van der Waals surface area contributed by atoms with Crippen molar-refractivity contribution in [1.82, 2.24) is 4.90 Å². The monoisotopic (exact) mass is 410 g/mol. The Morgan fingerprint density at radius 1 is 1.00 bits per heavy atom. The Kier molecular flexibility index (Phi) is 8.16. The smallest absolute Gasteiger partial charge is 0.338 e. The van der Waals surface area contributed by atoms with Crippen LogP contribution in [0.1, 0.15) is 40.9 Å². The van der Waals surface area contributed by atoms with Crippen LogP contribution in [0.2, 0.25) is 0 Å². The van der Waals surface area contributed by atoms with Crippen LogP contribution in [-0.4, -0.2) is 42.9 Å². The Morgan fingerprint density at radius 3 is 2.17 bits per heavy atom. The zero-order valence-corrected chi connectivity index (χ0v) is 18.3. The summed E-state index contributed by atoms with van der Waals surface area (Å²) >= 11 is 0. The molecule has 0 unspecified atom stereocenters. The van der Waals surface area contributed by atoms with Crippen molar-refractivity contribution in [2.75, 3.05) is 25.5 Å². The van der Waals surface area contributed by atoms with Crippen LogP contribution in [0.25, 0.3) is 0 Å². The van der Waals surface area contributed by atoms with Crippen molar-refractivity contribution >= 4 is 23.5 Å². The topological polar surface area (TPSA) is 75.7 Å². The molecule has 0 saturated heterocycles. The van der Waals surface area contributed by atoms with E-state index in [2.05, 4.69) is 19.2 Å². The summed E-state index contributed by atoms with van der Waals surface area (Å²) in [6.07, 6.45) is 0.933. The van der Waals surface area contributed by atoms with Crippen molar-refractivity contribution in [3.05, 3.63) is 64.7 Å². The molecular weight excluding hydrogens is 380 g/mol. The van der Waals surface area contributed by atoms with Crippen molar-refractivity contribution in [3.63, 3.8) is 0 Å². The van der Waals surface area contributed by atoms with Crippen LogP contribution >= 0.6 is 0 Å². The standard InChI is InChI=1S/C24H30N2O4/c1-16(2)13-19-9-11-20(12-10-19)24(29)30-15-22(28)26(5)14-21(27)25-23-17(3)7-6-8-18(23)4/h6-12,16H,13-15H2,1-5H3,(H,25,27). The van der Waals surface area contributed by atoms with E-state index in [0.717, 1.165) is 28.8 Å². The first-order valence-electron chi connectivity index (χ1n) is 10.0. The lowest BCUT2D eigenvalue weighted by Gasteiger charge is -2.18. The van der Waals surface area contributed by atoms with E-state index in [1.807, 2.05) is 44.2 Å². The highest BCUT2D eigenvalue weighted by molar-refractivity contribution is 5.96. The van der Waals surface area contributed by atoms with Crippen molar-refractivity contribution in [2.45, 2.75) is 34.1 Å². The van der Waals surface area contributed by atoms with Gasteiger partial charge in [-0.1, -0.05) is 44.2 Å². The minimum atomic E-state index is -0.562. The van der Waals surface area contributed by atoms with Gasteiger partial charge in [-0.05, 0) is 55.0 Å². The summed E-state index contributed by atoms with van der Waals surface area (Å²) in [6, 6.07) is 12.9. The maximum absolute atomic E-state index is 12.3. The lowest BCUT2D eigenvalue weighted by atomic mass is 10.0. The number of carbonyl (C=O) groups excluding carboxylic acids is 3. The van der Waals surface area contributed by atoms with Crippen LogP contribution in [0.4, 0.5) is 5.69 Å². The Morgan fingerprint density at radius 2 is 1.60 bits per heavy atom. The molecule has 2 amide bonds. The zero-order valence-electron chi connectivity index (χ0n) is 18.3. The first kappa shape index (κ1) is 23.1. The number of rotatable bonds is 8. The molecule has 0 spiro atoms. The van der Waals surface area contributed by atoms with Gasteiger partial charge in [-0.2, -0.15) is 0 Å². The van der Waals surface area contributed by atoms with Gasteiger partial charge >= 0.3 is 5.97 Å². The summed E-state index contributed by atoms with van der Waals surface area (Å²) < 4.78 is 5.11. The number of nitrogens with one attached hydrogen (secondary N) is 1. The Balaban J connectivity index is 1.83. The van der Waals surface area contributed by atoms with Gasteiger partial charge in [0, 0.05) is 12.7 Å². The SMILES string of the molecule is Cc1cccc(C)c1NC(=O)CN(C)C(=O)COC(=O)c1ccc(CC(C)C)cc1. The molecule has 0 saturated carbocycles. The fraction of sp³-hybridized carbons (Fsp3) is 0.375. The van der Waals surface area contributed by atoms with Crippen molar-refractivity contribution in [2.24, 2.45) is 5.92 Å². The first-order chi connectivity index (χ1) is 14.2. The van der Waals surface area contributed by atoms with Gasteiger partial charge in [0.1, 0.15) is 0 Å². The fourth-order valence-electron chi connectivity index (χ4n) is 3.06. The summed E-state index contributed by atoms with van der Waals surface area (Å²) in [6.45, 7) is 7.53. The van der Waals surface area contributed by atoms with E-state index in [-0.39, 0.29) is 12.5 Å². The maximum Gasteiger partial charge on any atom is 0.338 e. The van der Waals surface area contributed by atoms with Crippen LogP contribution in [-0.2, 0) is 20.7 Å². The number of aryl methyl sites for hydroxylation is 2. The number of hydrogen-bond donors (Lipinski definition) is 1. The fourth-order valence-corrected chi connectivity index (χ4v) is 3.06. The van der Waals surface area contributed by atoms with E-state index in [0.29, 0.717) is 11.5 Å². The van der Waals surface area contributed by atoms with Crippen LogP contribution in [0, 0.1) is 19.8 Å². The van der Waals surface area contributed by atoms with Gasteiger partial charge in [0.25, 0.3) is 5.91 Å². The normalized spacial score (nSPS) is 10.6. The summed E-state index contributed by atoms with van der Waals surface area (Å²) in [5, 5.41) is 2.83. The van der Waals surface area contributed by atoms with Gasteiger partial charge in [-0.15, -0.1) is 0 Å². The largest absolute Gasteiger partial charge is 0.452 e. The predicted molar refractivity (Wildman–Crippen MR) is 117 cm³/mol. The highest BCUT2D eigenvalue weighted by Crippen LogP contribution is 2.19. The van der Waals surface area contributed by atoms with Crippen molar-refractivity contribution < 1.29 is 19.1 Å². The summed E-state index contributed by atoms with van der Waals surface area (Å²) in [5.74, 6) is -0.789. The van der Waals surface area contributed by atoms with Gasteiger partial charge in [-0.25, -0.2) is 4.79 Å². The van der Waals surface area contributed by atoms with Crippen LogP contribution < -0.4 is 5.32 Å². The van der Waals surface area contributed by atoms with Crippen LogP contribution in [0.15, 0.2) is 42.5 Å². The first-order valence-corrected chi connectivity index (χ1v) is 10.0. The van der Waals surface area contributed by atoms with E-state index < -0.39 is 18.5 Å². The number of likely N-dealkylation sites (N-methyl/N-ethyl adjacent to an activating group) is 1. The molecule has 0 aromatic heterocycles. The van der Waals surface area contributed by atoms with Crippen LogP contribution in [0.3, 0.4) is 0 Å². The van der Waals surface area contributed by atoms with E-state index in [9.17, 15) is 14.4 Å². The third-order valence-electron chi connectivity index (χ3n) is 4.71. The lowest BCUT2D eigenvalue weighted by molar-refractivity contribution is -0.136. The molecule has 0 aliphatic carbocycles. The minimum Gasteiger partial charge on any atom is -0.452 e. The third kappa shape index (κ3) is 6.72. The maximum atomic E-state index is 12.3. The summed E-state index contributed by atoms with van der Waals surface area (Å²) in [7, 11) is 1.50. The molecule has 0 aliphatic heterocycles. The van der Waals surface area contributed by atoms with E-state index in [4.69, 9.17) is 4.74 Å². The zero-order chi connectivity index (χ0) is 22.3. The van der Waals surface area contributed by atoms with Gasteiger partial charge in [-0.3, -0.25) is 9.59 Å². The minimum absolute atomic E-state index is 0.131. The number of hydrogen-bond acceptors (Lipinski definition) is 4. The highest BCUT2D eigenvalue weighted by Gasteiger charge is 2.17. The summed E-state index contributed by atoms with van der Waals surface area (Å²) in [4.78, 5) is 37.9. The molecule has 0 aliphatic rings. The molecule has 0 atom stereocenters. The lowest BCUT2D eigenvalue weighted by Crippen LogP contribution is -2.37. The van der Waals surface area contributed by atoms with E-state index in [1.165, 1.54) is 11.9 Å². The van der Waals surface area contributed by atoms with Crippen molar-refractivity contribution in [3.8, 4) is 0 Å². The van der Waals surface area contributed by atoms with Gasteiger partial charge in [0.2, 0.25) is 5.91 Å². The molecule has 2 rings (SSSR count). The molecule has 6 heteroatoms. The molecule has 160 valence electrons. The highest BCUT2D eigenvalue weighted by atomic mass is 16.5. The number of carbonyl (C=O) groups is 3. The number of anilines is 1. The molecule has 0 bridgehead atoms. The molecule has 6 nitrogen and oxygen atoms in total. The quantitative estimate of drug-likeness (QED) is 0.673. The third-order valence-corrected chi connectivity index (χ3v) is 4.71. The molecule has 0 fully saturated rings. The molecule has 2 aromatic rings. The summed E-state index contributed by atoms with van der Waals surface area (Å²) in [5.41, 5.74) is 4.19. The molecule has 0 heterocycles. The average molecular weight is 411 g/mol. The number of esters is 1. The molecular formula is C24H30N2O4. The second-order valence-electron chi connectivity index (χ2n) is 7.94. The van der Waals surface area contributed by atoms with E-state index >= 15 is 0 Å². The van der Waals surface area contributed by atoms with Crippen molar-refractivity contribution in [1.29, 1.82) is 0 Å². The molecule has 0 radical (unpaired) electrons. The Hall–Kier alpha value is -3.15. The van der Waals surface area contributed by atoms with Gasteiger partial charge in [0.05, 0.1) is 12.1 Å². The van der Waals surface area contributed by atoms with Gasteiger partial charge < -0.3 is 15.0 Å². The predicted octanol–water partition coefficient (Wildman–Crippen LogP) is 3.76. The number of benzene rings is 2. The number of para-hydroxylation sites is 1. The Bertz CT molecular complexity index is 884. The van der Waals surface area contributed by atoms with Crippen LogP contribution in [0.5, 0.6) is 0 Å². The number of amides is 2. The van der Waals surface area contributed by atoms with E-state index in [1.54, 1.807) is 12.1 Å². The Labute approximate surface area is 178 Å². The number of ether oxygens (including phenoxy) is 1.